The average Bonchev–Trinajstić information content (AvgIpc) is 2.82. The van der Waals surface area contributed by atoms with E-state index in [9.17, 15) is 9.90 Å². The summed E-state index contributed by atoms with van der Waals surface area (Å²) >= 11 is 0. The van der Waals surface area contributed by atoms with E-state index in [2.05, 4.69) is 0 Å². The minimum absolute atomic E-state index is 0.142. The van der Waals surface area contributed by atoms with Gasteiger partial charge < -0.3 is 24.2 Å². The fraction of sp³-hybridized carbons (Fsp3) is 0.536. The molecule has 186 valence electrons. The molecular formula is C28H39NO5. The third-order valence-corrected chi connectivity index (χ3v) is 6.23. The van der Waals surface area contributed by atoms with Crippen molar-refractivity contribution in [2.24, 2.45) is 5.92 Å². The number of carbonyl (C=O) groups is 1. The van der Waals surface area contributed by atoms with E-state index < -0.39 is 11.2 Å². The molecule has 0 bridgehead atoms. The van der Waals surface area contributed by atoms with Crippen molar-refractivity contribution in [2.75, 3.05) is 26.8 Å². The Morgan fingerprint density at radius 1 is 1.06 bits per heavy atom. The molecule has 0 radical (unpaired) electrons. The highest BCUT2D eigenvalue weighted by Crippen LogP contribution is 2.44. The van der Waals surface area contributed by atoms with Crippen LogP contribution in [0, 0.1) is 5.92 Å². The highest BCUT2D eigenvalue weighted by Gasteiger charge is 2.43. The molecular weight excluding hydrogens is 430 g/mol. The van der Waals surface area contributed by atoms with Crippen molar-refractivity contribution in [1.29, 1.82) is 0 Å². The molecule has 1 unspecified atom stereocenters. The number of piperidine rings is 1. The molecule has 1 aliphatic rings. The van der Waals surface area contributed by atoms with Gasteiger partial charge >= 0.3 is 6.09 Å². The van der Waals surface area contributed by atoms with Gasteiger partial charge in [-0.3, -0.25) is 0 Å². The van der Waals surface area contributed by atoms with Crippen molar-refractivity contribution in [1.82, 2.24) is 4.90 Å². The normalized spacial score (nSPS) is 18.3. The molecule has 1 amide bonds. The van der Waals surface area contributed by atoms with Crippen LogP contribution >= 0.6 is 0 Å². The average molecular weight is 470 g/mol. The first kappa shape index (κ1) is 26.0. The van der Waals surface area contributed by atoms with Crippen LogP contribution in [-0.4, -0.2) is 48.5 Å². The molecule has 1 fully saturated rings. The summed E-state index contributed by atoms with van der Waals surface area (Å²) in [6.45, 7) is 7.33. The van der Waals surface area contributed by atoms with Crippen LogP contribution in [0.15, 0.2) is 54.6 Å². The molecule has 2 aromatic carbocycles. The fourth-order valence-electron chi connectivity index (χ4n) is 4.59. The van der Waals surface area contributed by atoms with Gasteiger partial charge in [-0.05, 0) is 71.1 Å². The van der Waals surface area contributed by atoms with Crippen LogP contribution in [0.25, 0.3) is 0 Å². The summed E-state index contributed by atoms with van der Waals surface area (Å²) < 4.78 is 17.1. The van der Waals surface area contributed by atoms with Gasteiger partial charge in [-0.25, -0.2) is 4.79 Å². The first-order valence-corrected chi connectivity index (χ1v) is 12.2. The molecule has 0 spiro atoms. The number of para-hydroxylation sites is 2. The maximum absolute atomic E-state index is 12.8. The van der Waals surface area contributed by atoms with Crippen LogP contribution in [0.3, 0.4) is 0 Å². The van der Waals surface area contributed by atoms with Crippen molar-refractivity contribution < 1.29 is 24.1 Å². The quantitative estimate of drug-likeness (QED) is 0.448. The van der Waals surface area contributed by atoms with E-state index in [1.165, 1.54) is 0 Å². The van der Waals surface area contributed by atoms with Gasteiger partial charge in [0, 0.05) is 38.3 Å². The molecule has 1 N–H and O–H groups in total. The standard InChI is InChI=1S/C28H39NO5/c1-27(2,3)34-26(30)29-19-12-13-22(21-29)28(31,18-10-11-20-32-4)24-16-8-9-17-25(24)33-23-14-6-5-7-15-23/h5-9,14-17,22,31H,10-13,18-21H2,1-4H3/t22?,28-/m0/s1. The predicted octanol–water partition coefficient (Wildman–Crippen LogP) is 6.13. The highest BCUT2D eigenvalue weighted by molar-refractivity contribution is 5.68. The lowest BCUT2D eigenvalue weighted by atomic mass is 9.73. The van der Waals surface area contributed by atoms with Crippen molar-refractivity contribution >= 4 is 6.09 Å². The van der Waals surface area contributed by atoms with Gasteiger partial charge in [0.25, 0.3) is 0 Å². The number of methoxy groups -OCH3 is 1. The lowest BCUT2D eigenvalue weighted by Crippen LogP contribution is -2.49. The minimum Gasteiger partial charge on any atom is -0.457 e. The number of hydrogen-bond donors (Lipinski definition) is 1. The molecule has 0 saturated carbocycles. The van der Waals surface area contributed by atoms with Crippen LogP contribution in [0.2, 0.25) is 0 Å². The first-order chi connectivity index (χ1) is 16.2. The van der Waals surface area contributed by atoms with E-state index in [1.54, 1.807) is 12.0 Å². The van der Waals surface area contributed by atoms with Crippen LogP contribution in [0.4, 0.5) is 4.79 Å². The van der Waals surface area contributed by atoms with Crippen molar-refractivity contribution in [3.05, 3.63) is 60.2 Å². The summed E-state index contributed by atoms with van der Waals surface area (Å²) in [6, 6.07) is 17.3. The zero-order valence-corrected chi connectivity index (χ0v) is 21.0. The third-order valence-electron chi connectivity index (χ3n) is 6.23. The van der Waals surface area contributed by atoms with Gasteiger partial charge in [0.05, 0.1) is 5.60 Å². The Balaban J connectivity index is 1.90. The molecule has 1 saturated heterocycles. The smallest absolute Gasteiger partial charge is 0.410 e. The second-order valence-electron chi connectivity index (χ2n) is 10.1. The second kappa shape index (κ2) is 11.7. The number of ether oxygens (including phenoxy) is 3. The Morgan fingerprint density at radius 2 is 1.76 bits per heavy atom. The van der Waals surface area contributed by atoms with Gasteiger partial charge in [-0.1, -0.05) is 36.4 Å². The van der Waals surface area contributed by atoms with Crippen LogP contribution < -0.4 is 4.74 Å². The number of carbonyl (C=O) groups excluding carboxylic acids is 1. The van der Waals surface area contributed by atoms with Crippen LogP contribution in [0.1, 0.15) is 58.4 Å². The first-order valence-electron chi connectivity index (χ1n) is 12.2. The predicted molar refractivity (Wildman–Crippen MR) is 133 cm³/mol. The van der Waals surface area contributed by atoms with Crippen LogP contribution in [-0.2, 0) is 15.1 Å². The second-order valence-corrected chi connectivity index (χ2v) is 10.1. The molecule has 6 heteroatoms. The number of amides is 1. The molecule has 1 heterocycles. The molecule has 6 nitrogen and oxygen atoms in total. The Morgan fingerprint density at radius 3 is 2.47 bits per heavy atom. The Labute approximate surface area is 203 Å². The molecule has 1 aliphatic heterocycles. The zero-order valence-electron chi connectivity index (χ0n) is 21.0. The van der Waals surface area contributed by atoms with Gasteiger partial charge in [0.15, 0.2) is 0 Å². The third kappa shape index (κ3) is 6.97. The topological polar surface area (TPSA) is 68.2 Å². The lowest BCUT2D eigenvalue weighted by molar-refractivity contribution is -0.0651. The monoisotopic (exact) mass is 469 g/mol. The van der Waals surface area contributed by atoms with Gasteiger partial charge in [-0.15, -0.1) is 0 Å². The summed E-state index contributed by atoms with van der Waals surface area (Å²) in [7, 11) is 1.69. The van der Waals surface area contributed by atoms with E-state index in [0.717, 1.165) is 37.0 Å². The van der Waals surface area contributed by atoms with E-state index in [0.29, 0.717) is 31.9 Å². The van der Waals surface area contributed by atoms with E-state index >= 15 is 0 Å². The number of likely N-dealkylation sites (tertiary alicyclic amines) is 1. The molecule has 2 atom stereocenters. The number of nitrogens with zero attached hydrogens (tertiary/aromatic N) is 1. The Hall–Kier alpha value is -2.57. The van der Waals surface area contributed by atoms with Gasteiger partial charge in [0.1, 0.15) is 17.1 Å². The largest absolute Gasteiger partial charge is 0.457 e. The van der Waals surface area contributed by atoms with Crippen LogP contribution in [0.5, 0.6) is 11.5 Å². The number of unbranched alkanes of at least 4 members (excludes halogenated alkanes) is 1. The van der Waals surface area contributed by atoms with Gasteiger partial charge in [0.2, 0.25) is 0 Å². The molecule has 0 aromatic heterocycles. The fourth-order valence-corrected chi connectivity index (χ4v) is 4.59. The summed E-state index contributed by atoms with van der Waals surface area (Å²) in [5.74, 6) is 1.21. The maximum atomic E-state index is 12.8. The Kier molecular flexibility index (Phi) is 8.97. The molecule has 34 heavy (non-hydrogen) atoms. The van der Waals surface area contributed by atoms with E-state index in [-0.39, 0.29) is 12.0 Å². The molecule has 3 rings (SSSR count). The summed E-state index contributed by atoms with van der Waals surface area (Å²) in [5, 5.41) is 12.3. The van der Waals surface area contributed by atoms with Crippen molar-refractivity contribution in [2.45, 2.75) is 64.1 Å². The Bertz CT molecular complexity index is 911. The summed E-state index contributed by atoms with van der Waals surface area (Å²) in [4.78, 5) is 14.5. The maximum Gasteiger partial charge on any atom is 0.410 e. The minimum atomic E-state index is -1.15. The van der Waals surface area contributed by atoms with Crippen molar-refractivity contribution in [3.63, 3.8) is 0 Å². The number of benzene rings is 2. The molecule has 0 aliphatic carbocycles. The summed E-state index contributed by atoms with van der Waals surface area (Å²) in [5.41, 5.74) is -0.955. The van der Waals surface area contributed by atoms with E-state index in [1.807, 2.05) is 75.4 Å². The zero-order chi connectivity index (χ0) is 24.6. The number of aliphatic hydroxyl groups is 1. The number of rotatable bonds is 9. The van der Waals surface area contributed by atoms with Crippen molar-refractivity contribution in [3.8, 4) is 11.5 Å². The lowest BCUT2D eigenvalue weighted by Gasteiger charge is -2.43. The highest BCUT2D eigenvalue weighted by atomic mass is 16.6. The SMILES string of the molecule is COCCCC[C@@](O)(c1ccccc1Oc1ccccc1)C1CCCN(C(=O)OC(C)(C)C)C1. The van der Waals surface area contributed by atoms with E-state index in [4.69, 9.17) is 14.2 Å². The molecule has 2 aromatic rings. The summed E-state index contributed by atoms with van der Waals surface area (Å²) in [6.07, 6.45) is 3.51. The number of hydrogen-bond acceptors (Lipinski definition) is 5. The van der Waals surface area contributed by atoms with Gasteiger partial charge in [-0.2, -0.15) is 0 Å².